The molecule has 1 unspecified atom stereocenters. The highest BCUT2D eigenvalue weighted by Gasteiger charge is 2.12. The molecule has 0 saturated carbocycles. The number of fused-ring (bicyclic) bond motifs is 1. The van der Waals surface area contributed by atoms with Gasteiger partial charge in [-0.1, -0.05) is 6.07 Å². The molecule has 2 rings (SSSR count). The van der Waals surface area contributed by atoms with Crippen LogP contribution < -0.4 is 10.1 Å². The number of hydrogen-bond acceptors (Lipinski definition) is 4. The summed E-state index contributed by atoms with van der Waals surface area (Å²) in [6, 6.07) is 5.91. The van der Waals surface area contributed by atoms with Crippen molar-refractivity contribution in [2.45, 2.75) is 25.4 Å². The Morgan fingerprint density at radius 1 is 1.37 bits per heavy atom. The first-order valence-corrected chi connectivity index (χ1v) is 6.49. The number of aliphatic hydroxyl groups excluding tert-OH is 2. The van der Waals surface area contributed by atoms with E-state index in [0.717, 1.165) is 12.8 Å². The maximum atomic E-state index is 11.4. The fraction of sp³-hybridized carbons (Fsp3) is 0.500. The van der Waals surface area contributed by atoms with E-state index in [1.54, 1.807) is 0 Å². The number of carbonyl (C=O) groups excluding carboxylic acids is 1. The van der Waals surface area contributed by atoms with E-state index in [2.05, 4.69) is 5.32 Å². The van der Waals surface area contributed by atoms with E-state index in [1.807, 2.05) is 18.2 Å². The minimum Gasteiger partial charge on any atom is -0.484 e. The van der Waals surface area contributed by atoms with Crippen molar-refractivity contribution in [1.82, 2.24) is 5.32 Å². The molecule has 0 heterocycles. The summed E-state index contributed by atoms with van der Waals surface area (Å²) >= 11 is 0. The van der Waals surface area contributed by atoms with Crippen molar-refractivity contribution in [3.8, 4) is 5.75 Å². The van der Waals surface area contributed by atoms with Gasteiger partial charge in [0.2, 0.25) is 0 Å². The minimum atomic E-state index is -0.927. The normalized spacial score (nSPS) is 14.8. The molecule has 0 aliphatic heterocycles. The summed E-state index contributed by atoms with van der Waals surface area (Å²) in [7, 11) is 0. The first kappa shape index (κ1) is 13.8. The van der Waals surface area contributed by atoms with Crippen LogP contribution in [0.3, 0.4) is 0 Å². The maximum Gasteiger partial charge on any atom is 0.258 e. The smallest absolute Gasteiger partial charge is 0.258 e. The van der Waals surface area contributed by atoms with E-state index in [-0.39, 0.29) is 25.7 Å². The van der Waals surface area contributed by atoms with Gasteiger partial charge in [-0.25, -0.2) is 0 Å². The Morgan fingerprint density at radius 2 is 2.16 bits per heavy atom. The van der Waals surface area contributed by atoms with E-state index in [4.69, 9.17) is 14.9 Å². The van der Waals surface area contributed by atoms with Gasteiger partial charge in [-0.05, 0) is 42.5 Å². The predicted molar refractivity (Wildman–Crippen MR) is 70.1 cm³/mol. The molecule has 0 fully saturated rings. The largest absolute Gasteiger partial charge is 0.484 e. The van der Waals surface area contributed by atoms with E-state index in [1.165, 1.54) is 17.5 Å². The average molecular weight is 265 g/mol. The average Bonchev–Trinajstić information content (AvgIpc) is 2.89. The maximum absolute atomic E-state index is 11.4. The van der Waals surface area contributed by atoms with Gasteiger partial charge in [-0.15, -0.1) is 0 Å². The molecule has 0 aromatic heterocycles. The van der Waals surface area contributed by atoms with Crippen LogP contribution in [0.1, 0.15) is 17.5 Å². The highest BCUT2D eigenvalue weighted by atomic mass is 16.5. The number of aryl methyl sites for hydroxylation is 2. The van der Waals surface area contributed by atoms with Crippen LogP contribution >= 0.6 is 0 Å². The van der Waals surface area contributed by atoms with Gasteiger partial charge in [0.25, 0.3) is 5.91 Å². The molecule has 5 nitrogen and oxygen atoms in total. The number of benzene rings is 1. The SMILES string of the molecule is O=C(COc1ccc2c(c1)CCC2)NCC(O)CO. The Hall–Kier alpha value is -1.59. The summed E-state index contributed by atoms with van der Waals surface area (Å²) in [5.74, 6) is 0.381. The molecular weight excluding hydrogens is 246 g/mol. The summed E-state index contributed by atoms with van der Waals surface area (Å²) < 4.78 is 5.40. The lowest BCUT2D eigenvalue weighted by Gasteiger charge is -2.10. The summed E-state index contributed by atoms with van der Waals surface area (Å²) in [6.07, 6.45) is 2.44. The molecule has 1 aliphatic carbocycles. The molecule has 0 spiro atoms. The van der Waals surface area contributed by atoms with Crippen LogP contribution in [0, 0.1) is 0 Å². The van der Waals surface area contributed by atoms with Gasteiger partial charge in [0, 0.05) is 6.54 Å². The minimum absolute atomic E-state index is 0.0306. The summed E-state index contributed by atoms with van der Waals surface area (Å²) in [5, 5.41) is 20.2. The second-order valence-electron chi connectivity index (χ2n) is 4.71. The zero-order valence-corrected chi connectivity index (χ0v) is 10.8. The topological polar surface area (TPSA) is 78.8 Å². The van der Waals surface area contributed by atoms with E-state index in [9.17, 15) is 4.79 Å². The molecule has 1 aromatic carbocycles. The lowest BCUT2D eigenvalue weighted by molar-refractivity contribution is -0.123. The molecule has 0 bridgehead atoms. The monoisotopic (exact) mass is 265 g/mol. The van der Waals surface area contributed by atoms with Crippen molar-refractivity contribution in [1.29, 1.82) is 0 Å². The lowest BCUT2D eigenvalue weighted by Crippen LogP contribution is -2.36. The van der Waals surface area contributed by atoms with Crippen LogP contribution in [0.5, 0.6) is 5.75 Å². The summed E-state index contributed by atoms with van der Waals surface area (Å²) in [5.41, 5.74) is 2.66. The third-order valence-corrected chi connectivity index (χ3v) is 3.19. The molecule has 1 aromatic rings. The molecule has 19 heavy (non-hydrogen) atoms. The zero-order chi connectivity index (χ0) is 13.7. The fourth-order valence-corrected chi connectivity index (χ4v) is 2.13. The number of amides is 1. The van der Waals surface area contributed by atoms with Gasteiger partial charge in [0.1, 0.15) is 5.75 Å². The first-order valence-electron chi connectivity index (χ1n) is 6.49. The van der Waals surface area contributed by atoms with Gasteiger partial charge < -0.3 is 20.3 Å². The van der Waals surface area contributed by atoms with Crippen LogP contribution in [0.4, 0.5) is 0 Å². The fourth-order valence-electron chi connectivity index (χ4n) is 2.13. The van der Waals surface area contributed by atoms with Crippen LogP contribution in [0.2, 0.25) is 0 Å². The van der Waals surface area contributed by atoms with Gasteiger partial charge in [-0.2, -0.15) is 0 Å². The second-order valence-corrected chi connectivity index (χ2v) is 4.71. The quantitative estimate of drug-likeness (QED) is 0.678. The van der Waals surface area contributed by atoms with Crippen molar-refractivity contribution in [2.75, 3.05) is 19.8 Å². The van der Waals surface area contributed by atoms with Crippen molar-refractivity contribution in [2.24, 2.45) is 0 Å². The number of aliphatic hydroxyl groups is 2. The number of rotatable bonds is 6. The molecule has 1 aliphatic rings. The lowest BCUT2D eigenvalue weighted by atomic mass is 10.1. The Morgan fingerprint density at radius 3 is 2.95 bits per heavy atom. The zero-order valence-electron chi connectivity index (χ0n) is 10.8. The molecule has 5 heteroatoms. The first-order chi connectivity index (χ1) is 9.19. The third kappa shape index (κ3) is 3.94. The molecule has 1 amide bonds. The Bertz CT molecular complexity index is 447. The highest BCUT2D eigenvalue weighted by molar-refractivity contribution is 5.77. The molecule has 0 saturated heterocycles. The van der Waals surface area contributed by atoms with Crippen molar-refractivity contribution in [3.05, 3.63) is 29.3 Å². The Kier molecular flexibility index (Phi) is 4.76. The van der Waals surface area contributed by atoms with Gasteiger partial charge >= 0.3 is 0 Å². The number of nitrogens with one attached hydrogen (secondary N) is 1. The van der Waals surface area contributed by atoms with Crippen LogP contribution in [-0.4, -0.2) is 42.0 Å². The van der Waals surface area contributed by atoms with Gasteiger partial charge in [-0.3, -0.25) is 4.79 Å². The Balaban J connectivity index is 1.77. The van der Waals surface area contributed by atoms with Gasteiger partial charge in [0.05, 0.1) is 12.7 Å². The molecular formula is C14H19NO4. The summed E-state index contributed by atoms with van der Waals surface area (Å²) in [4.78, 5) is 11.4. The van der Waals surface area contributed by atoms with E-state index >= 15 is 0 Å². The molecule has 104 valence electrons. The molecule has 1 atom stereocenters. The predicted octanol–water partition coefficient (Wildman–Crippen LogP) is 0.0235. The van der Waals surface area contributed by atoms with E-state index in [0.29, 0.717) is 5.75 Å². The second kappa shape index (κ2) is 6.54. The third-order valence-electron chi connectivity index (χ3n) is 3.19. The van der Waals surface area contributed by atoms with Crippen molar-refractivity contribution >= 4 is 5.91 Å². The number of carbonyl (C=O) groups is 1. The van der Waals surface area contributed by atoms with Crippen LogP contribution in [0.15, 0.2) is 18.2 Å². The highest BCUT2D eigenvalue weighted by Crippen LogP contribution is 2.25. The van der Waals surface area contributed by atoms with E-state index < -0.39 is 6.10 Å². The van der Waals surface area contributed by atoms with Gasteiger partial charge in [0.15, 0.2) is 6.61 Å². The number of hydrogen-bond donors (Lipinski definition) is 3. The van der Waals surface area contributed by atoms with Crippen molar-refractivity contribution < 1.29 is 19.7 Å². The molecule has 0 radical (unpaired) electrons. The Labute approximate surface area is 112 Å². The van der Waals surface area contributed by atoms with Crippen molar-refractivity contribution in [3.63, 3.8) is 0 Å². The standard InChI is InChI=1S/C14H19NO4/c16-8-12(17)7-15-14(18)9-19-13-5-4-10-2-1-3-11(10)6-13/h4-6,12,16-17H,1-3,7-9H2,(H,15,18). The summed E-state index contributed by atoms with van der Waals surface area (Å²) in [6.45, 7) is -0.425. The van der Waals surface area contributed by atoms with Crippen LogP contribution in [0.25, 0.3) is 0 Å². The number of ether oxygens (including phenoxy) is 1. The molecule has 3 N–H and O–H groups in total. The van der Waals surface area contributed by atoms with Crippen LogP contribution in [-0.2, 0) is 17.6 Å².